The Morgan fingerprint density at radius 2 is 1.81 bits per heavy atom. The third-order valence-electron chi connectivity index (χ3n) is 4.05. The number of thioether (sulfide) groups is 1. The quantitative estimate of drug-likeness (QED) is 0.483. The number of hydrogen-bond acceptors (Lipinski definition) is 5. The van der Waals surface area contributed by atoms with E-state index in [1.807, 2.05) is 80.1 Å². The fraction of sp³-hybridized carbons (Fsp3) is 0.250. The number of hydrogen-bond donors (Lipinski definition) is 0. The molecule has 0 amide bonds. The second-order valence-electron chi connectivity index (χ2n) is 5.84. The summed E-state index contributed by atoms with van der Waals surface area (Å²) >= 11 is 1.35. The SMILES string of the molecule is CCOC(=O)[C@H](Sc1nnc(-c2ccccc2C)n1C)c1ccccc1. The zero-order valence-corrected chi connectivity index (χ0v) is 15.9. The van der Waals surface area contributed by atoms with Crippen molar-refractivity contribution >= 4 is 17.7 Å². The summed E-state index contributed by atoms with van der Waals surface area (Å²) in [7, 11) is 1.91. The predicted octanol–water partition coefficient (Wildman–Crippen LogP) is 4.19. The van der Waals surface area contributed by atoms with Crippen LogP contribution in [0.15, 0.2) is 59.8 Å². The lowest BCUT2D eigenvalue weighted by Crippen LogP contribution is -2.14. The van der Waals surface area contributed by atoms with Crippen molar-refractivity contribution in [3.05, 3.63) is 65.7 Å². The molecule has 1 atom stereocenters. The van der Waals surface area contributed by atoms with E-state index < -0.39 is 5.25 Å². The predicted molar refractivity (Wildman–Crippen MR) is 103 cm³/mol. The smallest absolute Gasteiger partial charge is 0.324 e. The molecule has 0 bridgehead atoms. The summed E-state index contributed by atoms with van der Waals surface area (Å²) < 4.78 is 7.18. The number of carbonyl (C=O) groups is 1. The summed E-state index contributed by atoms with van der Waals surface area (Å²) in [5.74, 6) is 0.505. The number of carbonyl (C=O) groups excluding carboxylic acids is 1. The van der Waals surface area contributed by atoms with Crippen molar-refractivity contribution in [2.24, 2.45) is 7.05 Å². The number of aryl methyl sites for hydroxylation is 1. The highest BCUT2D eigenvalue weighted by atomic mass is 32.2. The highest BCUT2D eigenvalue weighted by Gasteiger charge is 2.26. The molecule has 5 nitrogen and oxygen atoms in total. The first-order valence-electron chi connectivity index (χ1n) is 8.45. The van der Waals surface area contributed by atoms with Crippen LogP contribution in [0.5, 0.6) is 0 Å². The van der Waals surface area contributed by atoms with E-state index in [0.29, 0.717) is 11.8 Å². The van der Waals surface area contributed by atoms with E-state index >= 15 is 0 Å². The lowest BCUT2D eigenvalue weighted by Gasteiger charge is -2.15. The molecule has 1 aromatic heterocycles. The molecule has 0 aliphatic heterocycles. The van der Waals surface area contributed by atoms with Crippen molar-refractivity contribution in [2.75, 3.05) is 6.61 Å². The first kappa shape index (κ1) is 18.2. The number of benzene rings is 2. The second-order valence-corrected chi connectivity index (χ2v) is 6.91. The van der Waals surface area contributed by atoms with Gasteiger partial charge in [-0.05, 0) is 25.0 Å². The van der Waals surface area contributed by atoms with Gasteiger partial charge in [-0.25, -0.2) is 0 Å². The molecule has 0 spiro atoms. The maximum atomic E-state index is 12.5. The van der Waals surface area contributed by atoms with Gasteiger partial charge in [-0.2, -0.15) is 0 Å². The van der Waals surface area contributed by atoms with Crippen LogP contribution < -0.4 is 0 Å². The van der Waals surface area contributed by atoms with Crippen LogP contribution in [0.1, 0.15) is 23.3 Å². The summed E-state index contributed by atoms with van der Waals surface area (Å²) in [5.41, 5.74) is 3.04. The minimum atomic E-state index is -0.483. The molecular weight excluding hydrogens is 346 g/mol. The van der Waals surface area contributed by atoms with Crippen LogP contribution in [0.3, 0.4) is 0 Å². The van der Waals surface area contributed by atoms with Gasteiger partial charge in [0.25, 0.3) is 0 Å². The van der Waals surface area contributed by atoms with E-state index in [2.05, 4.69) is 10.2 Å². The van der Waals surface area contributed by atoms with Crippen LogP contribution in [-0.4, -0.2) is 27.3 Å². The van der Waals surface area contributed by atoms with Gasteiger partial charge in [0.2, 0.25) is 0 Å². The van der Waals surface area contributed by atoms with Crippen LogP contribution in [0.2, 0.25) is 0 Å². The lowest BCUT2D eigenvalue weighted by atomic mass is 10.1. The molecule has 2 aromatic carbocycles. The van der Waals surface area contributed by atoms with E-state index in [1.54, 1.807) is 0 Å². The third kappa shape index (κ3) is 3.80. The summed E-state index contributed by atoms with van der Waals surface area (Å²) in [6.45, 7) is 4.20. The zero-order valence-electron chi connectivity index (χ0n) is 15.0. The molecule has 0 aliphatic rings. The van der Waals surface area contributed by atoms with Gasteiger partial charge in [-0.3, -0.25) is 4.79 Å². The number of aromatic nitrogens is 3. The Morgan fingerprint density at radius 3 is 2.50 bits per heavy atom. The number of esters is 1. The summed E-state index contributed by atoms with van der Waals surface area (Å²) in [4.78, 5) is 12.5. The Bertz CT molecular complexity index is 893. The number of ether oxygens (including phenoxy) is 1. The summed E-state index contributed by atoms with van der Waals surface area (Å²) in [5, 5.41) is 8.84. The molecular formula is C20H21N3O2S. The molecule has 26 heavy (non-hydrogen) atoms. The fourth-order valence-corrected chi connectivity index (χ4v) is 3.68. The topological polar surface area (TPSA) is 57.0 Å². The molecule has 0 aliphatic carbocycles. The largest absolute Gasteiger partial charge is 0.465 e. The van der Waals surface area contributed by atoms with Gasteiger partial charge in [0.1, 0.15) is 5.25 Å². The van der Waals surface area contributed by atoms with Gasteiger partial charge in [0, 0.05) is 12.6 Å². The van der Waals surface area contributed by atoms with Gasteiger partial charge in [-0.1, -0.05) is 66.4 Å². The van der Waals surface area contributed by atoms with Crippen LogP contribution in [0.25, 0.3) is 11.4 Å². The molecule has 0 saturated carbocycles. The lowest BCUT2D eigenvalue weighted by molar-refractivity contribution is -0.142. The molecule has 0 N–H and O–H groups in total. The number of rotatable bonds is 6. The van der Waals surface area contributed by atoms with E-state index in [0.717, 1.165) is 22.5 Å². The molecule has 0 saturated heterocycles. The Hall–Kier alpha value is -2.60. The van der Waals surface area contributed by atoms with Crippen LogP contribution in [0, 0.1) is 6.92 Å². The first-order chi connectivity index (χ1) is 12.6. The van der Waals surface area contributed by atoms with E-state index in [9.17, 15) is 4.79 Å². The monoisotopic (exact) mass is 367 g/mol. The average Bonchev–Trinajstić information content (AvgIpc) is 3.01. The van der Waals surface area contributed by atoms with Gasteiger partial charge in [0.15, 0.2) is 11.0 Å². The van der Waals surface area contributed by atoms with Crippen molar-refractivity contribution < 1.29 is 9.53 Å². The first-order valence-corrected chi connectivity index (χ1v) is 9.33. The summed E-state index contributed by atoms with van der Waals surface area (Å²) in [6, 6.07) is 17.6. The van der Waals surface area contributed by atoms with Crippen LogP contribution >= 0.6 is 11.8 Å². The van der Waals surface area contributed by atoms with Crippen molar-refractivity contribution in [3.63, 3.8) is 0 Å². The van der Waals surface area contributed by atoms with Gasteiger partial charge < -0.3 is 9.30 Å². The molecule has 1 heterocycles. The van der Waals surface area contributed by atoms with Gasteiger partial charge in [-0.15, -0.1) is 10.2 Å². The molecule has 0 radical (unpaired) electrons. The molecule has 134 valence electrons. The Kier molecular flexibility index (Phi) is 5.73. The minimum absolute atomic E-state index is 0.274. The molecule has 3 rings (SSSR count). The minimum Gasteiger partial charge on any atom is -0.465 e. The molecule has 6 heteroatoms. The molecule has 3 aromatic rings. The Balaban J connectivity index is 1.93. The van der Waals surface area contributed by atoms with Crippen molar-refractivity contribution in [1.29, 1.82) is 0 Å². The van der Waals surface area contributed by atoms with E-state index in [1.165, 1.54) is 11.8 Å². The van der Waals surface area contributed by atoms with Crippen molar-refractivity contribution in [2.45, 2.75) is 24.3 Å². The highest BCUT2D eigenvalue weighted by molar-refractivity contribution is 8.00. The maximum Gasteiger partial charge on any atom is 0.324 e. The third-order valence-corrected chi connectivity index (χ3v) is 5.31. The Morgan fingerprint density at radius 1 is 1.12 bits per heavy atom. The normalized spacial score (nSPS) is 12.0. The standard InChI is InChI=1S/C20H21N3O2S/c1-4-25-19(24)17(15-11-6-5-7-12-15)26-20-22-21-18(23(20)3)16-13-9-8-10-14(16)2/h5-13,17H,4H2,1-3H3/t17-/m1/s1. The zero-order chi connectivity index (χ0) is 18.5. The van der Waals surface area contributed by atoms with E-state index in [-0.39, 0.29) is 5.97 Å². The van der Waals surface area contributed by atoms with Crippen molar-refractivity contribution in [3.8, 4) is 11.4 Å². The molecule has 0 unspecified atom stereocenters. The van der Waals surface area contributed by atoms with Crippen molar-refractivity contribution in [1.82, 2.24) is 14.8 Å². The summed E-state index contributed by atoms with van der Waals surface area (Å²) in [6.07, 6.45) is 0. The highest BCUT2D eigenvalue weighted by Crippen LogP contribution is 2.36. The van der Waals surface area contributed by atoms with E-state index in [4.69, 9.17) is 4.74 Å². The van der Waals surface area contributed by atoms with Crippen LogP contribution in [0.4, 0.5) is 0 Å². The second kappa shape index (κ2) is 8.19. The van der Waals surface area contributed by atoms with Crippen LogP contribution in [-0.2, 0) is 16.6 Å². The van der Waals surface area contributed by atoms with Gasteiger partial charge in [0.05, 0.1) is 6.61 Å². The fourth-order valence-electron chi connectivity index (χ4n) is 2.68. The Labute approximate surface area is 157 Å². The molecule has 0 fully saturated rings. The number of nitrogens with zero attached hydrogens (tertiary/aromatic N) is 3. The average molecular weight is 367 g/mol. The van der Waals surface area contributed by atoms with Gasteiger partial charge >= 0.3 is 5.97 Å². The maximum absolute atomic E-state index is 12.5.